The average Bonchev–Trinajstić information content (AvgIpc) is 2.72. The minimum atomic E-state index is -1.10. The van der Waals surface area contributed by atoms with Gasteiger partial charge in [0.2, 0.25) is 5.76 Å². The highest BCUT2D eigenvalue weighted by Crippen LogP contribution is 2.27. The number of carbonyl (C=O) groups is 1. The van der Waals surface area contributed by atoms with Crippen molar-refractivity contribution in [1.82, 2.24) is 0 Å². The summed E-state index contributed by atoms with van der Waals surface area (Å²) in [6.45, 7) is 1.70. The van der Waals surface area contributed by atoms with E-state index in [-0.39, 0.29) is 5.76 Å². The number of nitriles is 1. The maximum atomic E-state index is 10.8. The second kappa shape index (κ2) is 4.14. The van der Waals surface area contributed by atoms with Gasteiger partial charge in [-0.15, -0.1) is 0 Å². The number of carboxylic acid groups (broad SMARTS) is 1. The lowest BCUT2D eigenvalue weighted by molar-refractivity contribution is 0.0661. The largest absolute Gasteiger partial charge is 0.475 e. The number of hydrogen-bond donors (Lipinski definition) is 1. The van der Waals surface area contributed by atoms with E-state index in [0.717, 1.165) is 5.56 Å². The zero-order valence-electron chi connectivity index (χ0n) is 9.10. The van der Waals surface area contributed by atoms with E-state index in [9.17, 15) is 4.79 Å². The van der Waals surface area contributed by atoms with Crippen molar-refractivity contribution >= 4 is 5.97 Å². The summed E-state index contributed by atoms with van der Waals surface area (Å²) in [7, 11) is 0. The summed E-state index contributed by atoms with van der Waals surface area (Å²) < 4.78 is 5.12. The first-order valence-electron chi connectivity index (χ1n) is 4.96. The number of aromatic carboxylic acids is 1. The zero-order valence-corrected chi connectivity index (χ0v) is 9.10. The Morgan fingerprint density at radius 3 is 2.76 bits per heavy atom. The number of carboxylic acids is 1. The molecule has 0 aliphatic heterocycles. The van der Waals surface area contributed by atoms with Crippen LogP contribution in [0.25, 0.3) is 11.1 Å². The van der Waals surface area contributed by atoms with Crippen molar-refractivity contribution in [2.45, 2.75) is 6.92 Å². The van der Waals surface area contributed by atoms with Crippen molar-refractivity contribution < 1.29 is 14.3 Å². The second-order valence-corrected chi connectivity index (χ2v) is 3.58. The summed E-state index contributed by atoms with van der Waals surface area (Å²) in [5.41, 5.74) is 2.00. The maximum Gasteiger partial charge on any atom is 0.371 e. The fourth-order valence-corrected chi connectivity index (χ4v) is 1.63. The predicted octanol–water partition coefficient (Wildman–Crippen LogP) is 2.82. The molecule has 0 radical (unpaired) electrons. The molecule has 17 heavy (non-hydrogen) atoms. The molecule has 4 nitrogen and oxygen atoms in total. The van der Waals surface area contributed by atoms with Crippen molar-refractivity contribution in [1.29, 1.82) is 5.26 Å². The molecule has 0 amide bonds. The molecule has 1 N–H and O–H groups in total. The van der Waals surface area contributed by atoms with Crippen LogP contribution in [-0.2, 0) is 0 Å². The predicted molar refractivity (Wildman–Crippen MR) is 60.6 cm³/mol. The van der Waals surface area contributed by atoms with Gasteiger partial charge in [0.1, 0.15) is 5.76 Å². The van der Waals surface area contributed by atoms with Crippen LogP contribution in [0, 0.1) is 18.3 Å². The Morgan fingerprint density at radius 1 is 1.41 bits per heavy atom. The molecule has 0 saturated carbocycles. The SMILES string of the molecule is Cc1oc(C(=O)O)cc1-c1cccc(C#N)c1. The van der Waals surface area contributed by atoms with E-state index in [1.807, 2.05) is 12.1 Å². The number of rotatable bonds is 2. The third-order valence-electron chi connectivity index (χ3n) is 2.43. The minimum Gasteiger partial charge on any atom is -0.475 e. The van der Waals surface area contributed by atoms with Crippen LogP contribution in [0.3, 0.4) is 0 Å². The van der Waals surface area contributed by atoms with Crippen molar-refractivity contribution in [3.8, 4) is 17.2 Å². The van der Waals surface area contributed by atoms with Gasteiger partial charge in [-0.1, -0.05) is 12.1 Å². The normalized spacial score (nSPS) is 9.88. The van der Waals surface area contributed by atoms with Gasteiger partial charge in [-0.3, -0.25) is 0 Å². The van der Waals surface area contributed by atoms with Gasteiger partial charge in [0.25, 0.3) is 0 Å². The Morgan fingerprint density at radius 2 is 2.18 bits per heavy atom. The van der Waals surface area contributed by atoms with E-state index >= 15 is 0 Å². The van der Waals surface area contributed by atoms with Gasteiger partial charge in [-0.05, 0) is 30.7 Å². The number of benzene rings is 1. The highest BCUT2D eigenvalue weighted by Gasteiger charge is 2.14. The smallest absolute Gasteiger partial charge is 0.371 e. The molecular formula is C13H9NO3. The fraction of sp³-hybridized carbons (Fsp3) is 0.0769. The van der Waals surface area contributed by atoms with E-state index in [0.29, 0.717) is 16.9 Å². The molecule has 2 aromatic rings. The van der Waals surface area contributed by atoms with E-state index in [1.165, 1.54) is 6.07 Å². The second-order valence-electron chi connectivity index (χ2n) is 3.58. The lowest BCUT2D eigenvalue weighted by Crippen LogP contribution is -1.91. The first-order chi connectivity index (χ1) is 8.11. The van der Waals surface area contributed by atoms with Crippen LogP contribution in [0.1, 0.15) is 21.9 Å². The number of nitrogens with zero attached hydrogens (tertiary/aromatic N) is 1. The van der Waals surface area contributed by atoms with Crippen molar-refractivity contribution in [2.24, 2.45) is 0 Å². The first-order valence-corrected chi connectivity index (χ1v) is 4.96. The Hall–Kier alpha value is -2.54. The summed E-state index contributed by atoms with van der Waals surface area (Å²) in [4.78, 5) is 10.8. The maximum absolute atomic E-state index is 10.8. The van der Waals surface area contributed by atoms with E-state index in [4.69, 9.17) is 14.8 Å². The standard InChI is InChI=1S/C13H9NO3/c1-8-11(6-12(17-8)13(15)16)10-4-2-3-9(5-10)7-14/h2-6H,1H3,(H,15,16). The molecule has 1 aromatic heterocycles. The van der Waals surface area contributed by atoms with Gasteiger partial charge in [0, 0.05) is 5.56 Å². The van der Waals surface area contributed by atoms with Crippen LogP contribution < -0.4 is 0 Å². The Kier molecular flexibility index (Phi) is 2.67. The molecule has 84 valence electrons. The lowest BCUT2D eigenvalue weighted by Gasteiger charge is -1.98. The molecule has 0 unspecified atom stereocenters. The van der Waals surface area contributed by atoms with Crippen LogP contribution in [0.2, 0.25) is 0 Å². The molecule has 1 aromatic carbocycles. The molecule has 1 heterocycles. The Bertz CT molecular complexity index is 620. The van der Waals surface area contributed by atoms with Crippen molar-refractivity contribution in [3.05, 3.63) is 47.4 Å². The van der Waals surface area contributed by atoms with Gasteiger partial charge in [-0.2, -0.15) is 5.26 Å². The van der Waals surface area contributed by atoms with Crippen LogP contribution in [-0.4, -0.2) is 11.1 Å². The molecule has 0 saturated heterocycles. The summed E-state index contributed by atoms with van der Waals surface area (Å²) >= 11 is 0. The molecule has 0 atom stereocenters. The van der Waals surface area contributed by atoms with Gasteiger partial charge in [0.15, 0.2) is 0 Å². The number of hydrogen-bond acceptors (Lipinski definition) is 3. The van der Waals surface area contributed by atoms with Crippen LogP contribution in [0.15, 0.2) is 34.7 Å². The van der Waals surface area contributed by atoms with Crippen LogP contribution in [0.4, 0.5) is 0 Å². The monoisotopic (exact) mass is 227 g/mol. The summed E-state index contributed by atoms with van der Waals surface area (Å²) in [5, 5.41) is 17.6. The Labute approximate surface area is 97.7 Å². The molecule has 0 fully saturated rings. The fourth-order valence-electron chi connectivity index (χ4n) is 1.63. The average molecular weight is 227 g/mol. The van der Waals surface area contributed by atoms with Crippen molar-refractivity contribution in [3.63, 3.8) is 0 Å². The zero-order chi connectivity index (χ0) is 12.4. The Balaban J connectivity index is 2.53. The summed E-state index contributed by atoms with van der Waals surface area (Å²) in [6.07, 6.45) is 0. The quantitative estimate of drug-likeness (QED) is 0.855. The van der Waals surface area contributed by atoms with Crippen LogP contribution in [0.5, 0.6) is 0 Å². The van der Waals surface area contributed by atoms with Crippen LogP contribution >= 0.6 is 0 Å². The number of furan rings is 1. The van der Waals surface area contributed by atoms with Gasteiger partial charge >= 0.3 is 5.97 Å². The van der Waals surface area contributed by atoms with E-state index < -0.39 is 5.97 Å². The van der Waals surface area contributed by atoms with E-state index in [2.05, 4.69) is 0 Å². The highest BCUT2D eigenvalue weighted by atomic mass is 16.4. The topological polar surface area (TPSA) is 74.2 Å². The van der Waals surface area contributed by atoms with Crippen molar-refractivity contribution in [2.75, 3.05) is 0 Å². The first kappa shape index (κ1) is 11.0. The molecule has 2 rings (SSSR count). The third kappa shape index (κ3) is 2.04. The van der Waals surface area contributed by atoms with Gasteiger partial charge < -0.3 is 9.52 Å². The molecule has 4 heteroatoms. The molecule has 0 spiro atoms. The molecule has 0 aliphatic rings. The van der Waals surface area contributed by atoms with E-state index in [1.54, 1.807) is 25.1 Å². The highest BCUT2D eigenvalue weighted by molar-refractivity contribution is 5.87. The minimum absolute atomic E-state index is 0.0974. The molecular weight excluding hydrogens is 218 g/mol. The summed E-state index contributed by atoms with van der Waals surface area (Å²) in [6, 6.07) is 10.5. The van der Waals surface area contributed by atoms with Gasteiger partial charge in [-0.25, -0.2) is 4.79 Å². The lowest BCUT2D eigenvalue weighted by atomic mass is 10.0. The summed E-state index contributed by atoms with van der Waals surface area (Å²) in [5.74, 6) is -0.673. The molecule has 0 aliphatic carbocycles. The van der Waals surface area contributed by atoms with Gasteiger partial charge in [0.05, 0.1) is 11.6 Å². The molecule has 0 bridgehead atoms. The third-order valence-corrected chi connectivity index (χ3v) is 2.43. The number of aryl methyl sites for hydroxylation is 1.